The van der Waals surface area contributed by atoms with Crippen LogP contribution in [0.1, 0.15) is 5.56 Å². The molecule has 2 aromatic rings. The Hall–Kier alpha value is -2.83. The lowest BCUT2D eigenvalue weighted by molar-refractivity contribution is -0.0497. The molecule has 0 aliphatic carbocycles. The first-order valence-electron chi connectivity index (χ1n) is 6.80. The molecule has 2 aromatic carbocycles. The Labute approximate surface area is 132 Å². The molecule has 23 heavy (non-hydrogen) atoms. The van der Waals surface area contributed by atoms with Gasteiger partial charge in [-0.2, -0.15) is 8.78 Å². The monoisotopic (exact) mass is 322 g/mol. The Balaban J connectivity index is 1.92. The van der Waals surface area contributed by atoms with Crippen molar-refractivity contribution in [2.45, 2.75) is 13.2 Å². The molecule has 0 heterocycles. The largest absolute Gasteiger partial charge is 0.496 e. The molecule has 0 unspecified atom stereocenters. The summed E-state index contributed by atoms with van der Waals surface area (Å²) in [5.41, 5.74) is 1.17. The number of para-hydroxylation sites is 1. The first-order valence-corrected chi connectivity index (χ1v) is 6.80. The van der Waals surface area contributed by atoms with Crippen molar-refractivity contribution in [3.05, 3.63) is 54.1 Å². The molecular formula is C16H16F2N2O3. The second-order valence-electron chi connectivity index (χ2n) is 4.53. The highest BCUT2D eigenvalue weighted by Gasteiger charge is 2.07. The normalized spacial score (nSPS) is 10.3. The van der Waals surface area contributed by atoms with E-state index in [0.717, 1.165) is 5.56 Å². The maximum Gasteiger partial charge on any atom is 0.387 e. The number of hydrogen-bond donors (Lipinski definition) is 2. The van der Waals surface area contributed by atoms with Crippen LogP contribution in [0.25, 0.3) is 0 Å². The van der Waals surface area contributed by atoms with Gasteiger partial charge in [-0.05, 0) is 18.2 Å². The van der Waals surface area contributed by atoms with Crippen LogP contribution >= 0.6 is 0 Å². The molecule has 0 atom stereocenters. The molecular weight excluding hydrogens is 306 g/mol. The summed E-state index contributed by atoms with van der Waals surface area (Å²) in [6, 6.07) is 12.6. The summed E-state index contributed by atoms with van der Waals surface area (Å²) in [5, 5.41) is 5.21. The molecule has 0 aliphatic rings. The molecule has 122 valence electrons. The minimum Gasteiger partial charge on any atom is -0.496 e. The Morgan fingerprint density at radius 3 is 2.70 bits per heavy atom. The van der Waals surface area contributed by atoms with E-state index in [4.69, 9.17) is 4.74 Å². The second-order valence-corrected chi connectivity index (χ2v) is 4.53. The fourth-order valence-electron chi connectivity index (χ4n) is 1.95. The number of carbonyl (C=O) groups is 1. The van der Waals surface area contributed by atoms with Crippen molar-refractivity contribution in [1.82, 2.24) is 5.32 Å². The maximum absolute atomic E-state index is 12.2. The zero-order valence-corrected chi connectivity index (χ0v) is 12.4. The SMILES string of the molecule is COc1ccccc1CNC(=O)Nc1cccc(OC(F)F)c1. The van der Waals surface area contributed by atoms with Crippen molar-refractivity contribution in [2.24, 2.45) is 0 Å². The van der Waals surface area contributed by atoms with Crippen molar-refractivity contribution >= 4 is 11.7 Å². The van der Waals surface area contributed by atoms with Gasteiger partial charge >= 0.3 is 12.6 Å². The van der Waals surface area contributed by atoms with Gasteiger partial charge < -0.3 is 20.1 Å². The smallest absolute Gasteiger partial charge is 0.387 e. The first kappa shape index (κ1) is 16.5. The van der Waals surface area contributed by atoms with Gasteiger partial charge in [0.25, 0.3) is 0 Å². The number of benzene rings is 2. The molecule has 7 heteroatoms. The molecule has 2 amide bonds. The van der Waals surface area contributed by atoms with Gasteiger partial charge in [-0.1, -0.05) is 24.3 Å². The van der Waals surface area contributed by atoms with Gasteiger partial charge in [0.1, 0.15) is 11.5 Å². The Kier molecular flexibility index (Phi) is 5.74. The van der Waals surface area contributed by atoms with Crippen molar-refractivity contribution < 1.29 is 23.0 Å². The number of methoxy groups -OCH3 is 1. The summed E-state index contributed by atoms with van der Waals surface area (Å²) in [6.07, 6.45) is 0. The van der Waals surface area contributed by atoms with Gasteiger partial charge in [0.05, 0.1) is 7.11 Å². The van der Waals surface area contributed by atoms with Crippen LogP contribution in [0, 0.1) is 0 Å². The summed E-state index contributed by atoms with van der Waals surface area (Å²) < 4.78 is 33.8. The molecule has 0 aliphatic heterocycles. The van der Waals surface area contributed by atoms with E-state index >= 15 is 0 Å². The predicted molar refractivity (Wildman–Crippen MR) is 81.9 cm³/mol. The molecule has 5 nitrogen and oxygen atoms in total. The van der Waals surface area contributed by atoms with Crippen molar-refractivity contribution in [2.75, 3.05) is 12.4 Å². The number of anilines is 1. The number of ether oxygens (including phenoxy) is 2. The quantitative estimate of drug-likeness (QED) is 0.854. The van der Waals surface area contributed by atoms with Gasteiger partial charge in [-0.3, -0.25) is 0 Å². The molecule has 0 radical (unpaired) electrons. The van der Waals surface area contributed by atoms with Crippen LogP contribution in [0.3, 0.4) is 0 Å². The summed E-state index contributed by atoms with van der Waals surface area (Å²) >= 11 is 0. The molecule has 0 saturated carbocycles. The van der Waals surface area contributed by atoms with Crippen molar-refractivity contribution in [3.63, 3.8) is 0 Å². The van der Waals surface area contributed by atoms with Gasteiger partial charge in [-0.25, -0.2) is 4.79 Å². The van der Waals surface area contributed by atoms with E-state index in [1.807, 2.05) is 18.2 Å². The van der Waals surface area contributed by atoms with Crippen LogP contribution in [-0.2, 0) is 6.54 Å². The Morgan fingerprint density at radius 1 is 1.17 bits per heavy atom. The van der Waals surface area contributed by atoms with Gasteiger partial charge in [0.2, 0.25) is 0 Å². The number of urea groups is 1. The topological polar surface area (TPSA) is 59.6 Å². The standard InChI is InChI=1S/C16H16F2N2O3/c1-22-14-8-3-2-5-11(14)10-19-16(21)20-12-6-4-7-13(9-12)23-15(17)18/h2-9,15H,10H2,1H3,(H2,19,20,21). The van der Waals surface area contributed by atoms with Crippen LogP contribution in [-0.4, -0.2) is 19.8 Å². The fourth-order valence-corrected chi connectivity index (χ4v) is 1.95. The highest BCUT2D eigenvalue weighted by molar-refractivity contribution is 5.89. The van der Waals surface area contributed by atoms with E-state index in [1.165, 1.54) is 18.2 Å². The Bertz CT molecular complexity index is 665. The Morgan fingerprint density at radius 2 is 1.96 bits per heavy atom. The molecule has 2 N–H and O–H groups in total. The van der Waals surface area contributed by atoms with Crippen molar-refractivity contribution in [3.8, 4) is 11.5 Å². The number of hydrogen-bond acceptors (Lipinski definition) is 3. The summed E-state index contributed by atoms with van der Waals surface area (Å²) in [7, 11) is 1.55. The average Bonchev–Trinajstić information content (AvgIpc) is 2.53. The van der Waals surface area contributed by atoms with Crippen LogP contribution in [0.2, 0.25) is 0 Å². The molecule has 0 spiro atoms. The zero-order chi connectivity index (χ0) is 16.7. The summed E-state index contributed by atoms with van der Waals surface area (Å²) in [4.78, 5) is 11.9. The predicted octanol–water partition coefficient (Wildman–Crippen LogP) is 3.62. The van der Waals surface area contributed by atoms with Gasteiger partial charge in [0, 0.05) is 23.9 Å². The lowest BCUT2D eigenvalue weighted by Gasteiger charge is -2.11. The number of carbonyl (C=O) groups excluding carboxylic acids is 1. The summed E-state index contributed by atoms with van der Waals surface area (Å²) in [5.74, 6) is 0.641. The minimum absolute atomic E-state index is 0.0254. The van der Waals surface area contributed by atoms with Crippen LogP contribution in [0.5, 0.6) is 11.5 Å². The first-order chi connectivity index (χ1) is 11.1. The van der Waals surface area contributed by atoms with Gasteiger partial charge in [0.15, 0.2) is 0 Å². The molecule has 0 bridgehead atoms. The maximum atomic E-state index is 12.2. The number of nitrogens with one attached hydrogen (secondary N) is 2. The lowest BCUT2D eigenvalue weighted by Crippen LogP contribution is -2.28. The lowest BCUT2D eigenvalue weighted by atomic mass is 10.2. The average molecular weight is 322 g/mol. The van der Waals surface area contributed by atoms with E-state index in [9.17, 15) is 13.6 Å². The van der Waals surface area contributed by atoms with Crippen LogP contribution in [0.15, 0.2) is 48.5 Å². The molecule has 2 rings (SSSR count). The molecule has 0 aromatic heterocycles. The zero-order valence-electron chi connectivity index (χ0n) is 12.4. The van der Waals surface area contributed by atoms with Crippen LogP contribution < -0.4 is 20.1 Å². The van der Waals surface area contributed by atoms with E-state index in [-0.39, 0.29) is 12.3 Å². The molecule has 0 fully saturated rings. The summed E-state index contributed by atoms with van der Waals surface area (Å²) in [6.45, 7) is -2.65. The van der Waals surface area contributed by atoms with Crippen LogP contribution in [0.4, 0.5) is 19.3 Å². The second kappa shape index (κ2) is 7.98. The minimum atomic E-state index is -2.91. The highest BCUT2D eigenvalue weighted by atomic mass is 19.3. The van der Waals surface area contributed by atoms with E-state index in [2.05, 4.69) is 15.4 Å². The van der Waals surface area contributed by atoms with E-state index in [0.29, 0.717) is 11.4 Å². The van der Waals surface area contributed by atoms with E-state index < -0.39 is 12.6 Å². The number of halogens is 2. The van der Waals surface area contributed by atoms with Crippen molar-refractivity contribution in [1.29, 1.82) is 0 Å². The third kappa shape index (κ3) is 5.14. The third-order valence-corrected chi connectivity index (χ3v) is 2.95. The van der Waals surface area contributed by atoms with E-state index in [1.54, 1.807) is 19.2 Å². The number of rotatable bonds is 6. The number of amides is 2. The van der Waals surface area contributed by atoms with Gasteiger partial charge in [-0.15, -0.1) is 0 Å². The third-order valence-electron chi connectivity index (χ3n) is 2.95. The number of alkyl halides is 2. The highest BCUT2D eigenvalue weighted by Crippen LogP contribution is 2.19. The fraction of sp³-hybridized carbons (Fsp3) is 0.188. The molecule has 0 saturated heterocycles.